The van der Waals surface area contributed by atoms with Crippen LogP contribution < -0.4 is 5.32 Å². The molecule has 0 aliphatic rings. The highest BCUT2D eigenvalue weighted by atomic mass is 35.5. The summed E-state index contributed by atoms with van der Waals surface area (Å²) >= 11 is 5.84. The molecule has 0 saturated heterocycles. The van der Waals surface area contributed by atoms with E-state index in [9.17, 15) is 4.39 Å². The van der Waals surface area contributed by atoms with E-state index in [0.29, 0.717) is 5.76 Å². The second-order valence-corrected chi connectivity index (χ2v) is 6.69. The van der Waals surface area contributed by atoms with Crippen molar-refractivity contribution < 1.29 is 14.1 Å². The Kier molecular flexibility index (Phi) is 4.78. The first kappa shape index (κ1) is 16.9. The number of aromatic nitrogens is 1. The monoisotopic (exact) mass is 369 g/mol. The van der Waals surface area contributed by atoms with Crippen LogP contribution in [0.1, 0.15) is 11.3 Å². The predicted molar refractivity (Wildman–Crippen MR) is 102 cm³/mol. The fourth-order valence-corrected chi connectivity index (χ4v) is 3.31. The van der Waals surface area contributed by atoms with Gasteiger partial charge in [0, 0.05) is 29.1 Å². The average Bonchev–Trinajstić information content (AvgIpc) is 3.28. The van der Waals surface area contributed by atoms with Crippen LogP contribution in [0.2, 0.25) is 5.02 Å². The summed E-state index contributed by atoms with van der Waals surface area (Å²) < 4.78 is 19.1. The molecule has 3 N–H and O–H groups in total. The highest BCUT2D eigenvalue weighted by molar-refractivity contribution is 6.31. The quantitative estimate of drug-likeness (QED) is 0.482. The summed E-state index contributed by atoms with van der Waals surface area (Å²) in [5.41, 5.74) is 3.29. The van der Waals surface area contributed by atoms with E-state index < -0.39 is 5.82 Å². The number of aromatic amines is 1. The first-order valence-corrected chi connectivity index (χ1v) is 8.99. The van der Waals surface area contributed by atoms with E-state index in [4.69, 9.17) is 16.0 Å². The van der Waals surface area contributed by atoms with Gasteiger partial charge in [-0.15, -0.1) is 0 Å². The lowest BCUT2D eigenvalue weighted by Crippen LogP contribution is -2.83. The number of hydrogen-bond donors (Lipinski definition) is 2. The number of para-hydroxylation sites is 1. The maximum absolute atomic E-state index is 13.3. The lowest BCUT2D eigenvalue weighted by Gasteiger charge is -2.01. The van der Waals surface area contributed by atoms with Crippen LogP contribution >= 0.6 is 11.6 Å². The molecule has 26 heavy (non-hydrogen) atoms. The van der Waals surface area contributed by atoms with Gasteiger partial charge in [0.2, 0.25) is 0 Å². The maximum atomic E-state index is 13.3. The summed E-state index contributed by atoms with van der Waals surface area (Å²) in [6.45, 7) is 1.73. The molecule has 0 atom stereocenters. The molecule has 4 rings (SSSR count). The van der Waals surface area contributed by atoms with Gasteiger partial charge in [-0.3, -0.25) is 0 Å². The zero-order valence-corrected chi connectivity index (χ0v) is 14.9. The minimum atomic E-state index is -0.423. The van der Waals surface area contributed by atoms with Gasteiger partial charge in [0.25, 0.3) is 0 Å². The number of fused-ring (bicyclic) bond motifs is 1. The minimum absolute atomic E-state index is 0.103. The minimum Gasteiger partial charge on any atom is -0.455 e. The van der Waals surface area contributed by atoms with E-state index in [1.165, 1.54) is 22.5 Å². The van der Waals surface area contributed by atoms with Crippen molar-refractivity contribution in [2.24, 2.45) is 0 Å². The van der Waals surface area contributed by atoms with Crippen LogP contribution in [-0.2, 0) is 13.0 Å². The summed E-state index contributed by atoms with van der Waals surface area (Å²) in [6, 6.07) is 16.8. The maximum Gasteiger partial charge on any atom is 0.158 e. The number of rotatable bonds is 6. The number of halogens is 2. The molecule has 5 heteroatoms. The lowest BCUT2D eigenvalue weighted by molar-refractivity contribution is -0.671. The molecular formula is C21H19ClFN2O+. The van der Waals surface area contributed by atoms with Gasteiger partial charge in [-0.1, -0.05) is 29.8 Å². The molecule has 2 heterocycles. The van der Waals surface area contributed by atoms with E-state index in [-0.39, 0.29) is 5.02 Å². The van der Waals surface area contributed by atoms with Gasteiger partial charge in [-0.05, 0) is 42.0 Å². The number of nitrogens with two attached hydrogens (primary N) is 1. The number of quaternary nitrogens is 1. The van der Waals surface area contributed by atoms with Crippen LogP contribution in [0.25, 0.3) is 22.2 Å². The zero-order chi connectivity index (χ0) is 17.9. The molecule has 0 spiro atoms. The van der Waals surface area contributed by atoms with Gasteiger partial charge in [0.05, 0.1) is 11.6 Å². The van der Waals surface area contributed by atoms with Crippen LogP contribution in [0, 0.1) is 5.82 Å². The molecule has 3 nitrogen and oxygen atoms in total. The van der Waals surface area contributed by atoms with Gasteiger partial charge in [-0.25, -0.2) is 4.39 Å². The van der Waals surface area contributed by atoms with E-state index >= 15 is 0 Å². The average molecular weight is 370 g/mol. The van der Waals surface area contributed by atoms with Crippen molar-refractivity contribution in [3.8, 4) is 11.3 Å². The Labute approximate surface area is 155 Å². The molecule has 0 amide bonds. The van der Waals surface area contributed by atoms with Crippen LogP contribution in [0.5, 0.6) is 0 Å². The Morgan fingerprint density at radius 3 is 2.85 bits per heavy atom. The summed E-state index contributed by atoms with van der Waals surface area (Å²) in [6.07, 6.45) is 3.08. The molecule has 0 radical (unpaired) electrons. The normalized spacial score (nSPS) is 11.3. The standard InChI is InChI=1S/C21H18ClFN2O/c22-18-11-14(5-7-19(18)23)21-8-6-16(26-21)13-24-10-9-15-12-25-20-4-2-1-3-17(15)20/h1-8,11-12,24-25H,9-10,13H2/p+1. The predicted octanol–water partition coefficient (Wildman–Crippen LogP) is 4.53. The summed E-state index contributed by atoms with van der Waals surface area (Å²) in [7, 11) is 0. The molecule has 0 aliphatic heterocycles. The van der Waals surface area contributed by atoms with Gasteiger partial charge in [-0.2, -0.15) is 0 Å². The third-order valence-corrected chi connectivity index (χ3v) is 4.79. The third-order valence-electron chi connectivity index (χ3n) is 4.50. The Balaban J connectivity index is 1.34. The number of nitrogens with one attached hydrogen (secondary N) is 1. The Morgan fingerprint density at radius 1 is 1.08 bits per heavy atom. The Bertz CT molecular complexity index is 1040. The Hall–Kier alpha value is -2.56. The van der Waals surface area contributed by atoms with Gasteiger partial charge >= 0.3 is 0 Å². The summed E-state index contributed by atoms with van der Waals surface area (Å²) in [4.78, 5) is 3.31. The zero-order valence-electron chi connectivity index (χ0n) is 14.1. The van der Waals surface area contributed by atoms with Crippen molar-refractivity contribution in [1.29, 1.82) is 0 Å². The molecule has 0 saturated carbocycles. The number of hydrogen-bond acceptors (Lipinski definition) is 1. The van der Waals surface area contributed by atoms with Gasteiger partial charge in [0.15, 0.2) is 5.76 Å². The second-order valence-electron chi connectivity index (χ2n) is 6.29. The Morgan fingerprint density at radius 2 is 1.96 bits per heavy atom. The van der Waals surface area contributed by atoms with Crippen LogP contribution in [0.3, 0.4) is 0 Å². The van der Waals surface area contributed by atoms with Crippen molar-refractivity contribution in [3.05, 3.63) is 83.0 Å². The van der Waals surface area contributed by atoms with Crippen molar-refractivity contribution in [2.75, 3.05) is 6.54 Å². The van der Waals surface area contributed by atoms with Gasteiger partial charge in [0.1, 0.15) is 18.1 Å². The summed E-state index contributed by atoms with van der Waals surface area (Å²) in [5.74, 6) is 1.17. The molecule has 132 valence electrons. The molecule has 0 fully saturated rings. The molecule has 4 aromatic rings. The number of H-pyrrole nitrogens is 1. The molecule has 2 aromatic heterocycles. The topological polar surface area (TPSA) is 45.5 Å². The number of furan rings is 1. The van der Waals surface area contributed by atoms with Crippen LogP contribution in [0.15, 0.2) is 65.2 Å². The van der Waals surface area contributed by atoms with E-state index in [2.05, 4.69) is 34.7 Å². The fraction of sp³-hybridized carbons (Fsp3) is 0.143. The SMILES string of the molecule is Fc1ccc(-c2ccc(C[NH2+]CCc3c[nH]c4ccccc34)o2)cc1Cl. The van der Waals surface area contributed by atoms with Crippen LogP contribution in [0.4, 0.5) is 4.39 Å². The van der Waals surface area contributed by atoms with Crippen molar-refractivity contribution in [3.63, 3.8) is 0 Å². The van der Waals surface area contributed by atoms with E-state index in [1.54, 1.807) is 12.1 Å². The highest BCUT2D eigenvalue weighted by Crippen LogP contribution is 2.26. The third kappa shape index (κ3) is 3.52. The lowest BCUT2D eigenvalue weighted by atomic mass is 10.1. The largest absolute Gasteiger partial charge is 0.455 e. The number of benzene rings is 2. The molecular weight excluding hydrogens is 351 g/mol. The first-order chi connectivity index (χ1) is 12.7. The van der Waals surface area contributed by atoms with Crippen molar-refractivity contribution in [1.82, 2.24) is 4.98 Å². The highest BCUT2D eigenvalue weighted by Gasteiger charge is 2.09. The van der Waals surface area contributed by atoms with Crippen LogP contribution in [-0.4, -0.2) is 11.5 Å². The van der Waals surface area contributed by atoms with E-state index in [1.807, 2.05) is 18.2 Å². The van der Waals surface area contributed by atoms with E-state index in [0.717, 1.165) is 30.8 Å². The van der Waals surface area contributed by atoms with Crippen molar-refractivity contribution >= 4 is 22.5 Å². The molecule has 0 aliphatic carbocycles. The van der Waals surface area contributed by atoms with Crippen molar-refractivity contribution in [2.45, 2.75) is 13.0 Å². The fourth-order valence-electron chi connectivity index (χ4n) is 3.13. The smallest absolute Gasteiger partial charge is 0.158 e. The first-order valence-electron chi connectivity index (χ1n) is 8.61. The molecule has 0 unspecified atom stereocenters. The molecule has 0 bridgehead atoms. The van der Waals surface area contributed by atoms with Gasteiger partial charge < -0.3 is 14.7 Å². The molecule has 2 aromatic carbocycles. The second kappa shape index (κ2) is 7.36. The summed E-state index contributed by atoms with van der Waals surface area (Å²) in [5, 5.41) is 3.61.